The summed E-state index contributed by atoms with van der Waals surface area (Å²) in [4.78, 5) is 12.2. The average molecular weight is 255 g/mol. The van der Waals surface area contributed by atoms with Gasteiger partial charge in [-0.25, -0.2) is 0 Å². The molecule has 0 bridgehead atoms. The molecule has 2 saturated heterocycles. The third-order valence-corrected chi connectivity index (χ3v) is 4.50. The molecule has 104 valence electrons. The van der Waals surface area contributed by atoms with Crippen molar-refractivity contribution >= 4 is 5.97 Å². The molecule has 4 heteroatoms. The van der Waals surface area contributed by atoms with E-state index in [1.165, 1.54) is 0 Å². The number of carbonyl (C=O) groups is 1. The van der Waals surface area contributed by atoms with Crippen molar-refractivity contribution in [3.8, 4) is 0 Å². The summed E-state index contributed by atoms with van der Waals surface area (Å²) >= 11 is 0. The van der Waals surface area contributed by atoms with Gasteiger partial charge in [-0.15, -0.1) is 0 Å². The Balaban J connectivity index is 2.31. The number of hydrogen-bond acceptors (Lipinski definition) is 4. The molecule has 4 nitrogen and oxygen atoms in total. The molecular formula is C14H25NO3. The molecule has 1 N–H and O–H groups in total. The minimum atomic E-state index is -0.308. The van der Waals surface area contributed by atoms with Gasteiger partial charge in [-0.05, 0) is 41.0 Å². The van der Waals surface area contributed by atoms with Crippen LogP contribution in [0.4, 0.5) is 0 Å². The molecule has 2 unspecified atom stereocenters. The van der Waals surface area contributed by atoms with E-state index in [0.717, 1.165) is 13.0 Å². The molecule has 2 rings (SSSR count). The molecule has 2 aliphatic rings. The van der Waals surface area contributed by atoms with Gasteiger partial charge in [0, 0.05) is 18.5 Å². The minimum absolute atomic E-state index is 0.0862. The Bertz CT molecular complexity index is 351. The van der Waals surface area contributed by atoms with Crippen molar-refractivity contribution < 1.29 is 14.3 Å². The number of esters is 1. The predicted octanol–water partition coefficient (Wildman–Crippen LogP) is 1.73. The highest BCUT2D eigenvalue weighted by molar-refractivity contribution is 5.74. The van der Waals surface area contributed by atoms with Crippen LogP contribution in [0.3, 0.4) is 0 Å². The van der Waals surface area contributed by atoms with Crippen LogP contribution in [-0.2, 0) is 14.3 Å². The summed E-state index contributed by atoms with van der Waals surface area (Å²) in [6, 6.07) is 0. The Hall–Kier alpha value is -0.610. The molecular weight excluding hydrogens is 230 g/mol. The largest absolute Gasteiger partial charge is 0.466 e. The SMILES string of the molecule is CCOC(=O)C1CNCC12CC(C)(C)OC2(C)C. The molecule has 0 amide bonds. The number of carbonyl (C=O) groups excluding carboxylic acids is 1. The second-order valence-corrected chi connectivity index (χ2v) is 6.64. The van der Waals surface area contributed by atoms with E-state index in [-0.39, 0.29) is 28.5 Å². The maximum absolute atomic E-state index is 12.2. The van der Waals surface area contributed by atoms with Crippen LogP contribution < -0.4 is 5.32 Å². The molecule has 0 saturated carbocycles. The van der Waals surface area contributed by atoms with Gasteiger partial charge in [-0.1, -0.05) is 0 Å². The van der Waals surface area contributed by atoms with E-state index in [0.29, 0.717) is 13.2 Å². The third-order valence-electron chi connectivity index (χ3n) is 4.50. The average Bonchev–Trinajstić information content (AvgIpc) is 2.67. The van der Waals surface area contributed by atoms with E-state index >= 15 is 0 Å². The normalized spacial score (nSPS) is 37.1. The number of ether oxygens (including phenoxy) is 2. The van der Waals surface area contributed by atoms with Crippen molar-refractivity contribution in [1.29, 1.82) is 0 Å². The van der Waals surface area contributed by atoms with Gasteiger partial charge in [0.25, 0.3) is 0 Å². The van der Waals surface area contributed by atoms with E-state index in [1.807, 2.05) is 6.92 Å². The highest BCUT2D eigenvalue weighted by atomic mass is 16.5. The second-order valence-electron chi connectivity index (χ2n) is 6.64. The third kappa shape index (κ3) is 1.95. The van der Waals surface area contributed by atoms with Gasteiger partial charge >= 0.3 is 5.97 Å². The highest BCUT2D eigenvalue weighted by Crippen LogP contribution is 2.56. The summed E-state index contributed by atoms with van der Waals surface area (Å²) in [6.45, 7) is 12.2. The summed E-state index contributed by atoms with van der Waals surface area (Å²) < 4.78 is 11.4. The zero-order chi connectivity index (χ0) is 13.6. The van der Waals surface area contributed by atoms with Crippen LogP contribution in [0.1, 0.15) is 41.0 Å². The summed E-state index contributed by atoms with van der Waals surface area (Å²) in [5.74, 6) is -0.189. The fraction of sp³-hybridized carbons (Fsp3) is 0.929. The fourth-order valence-electron chi connectivity index (χ4n) is 3.93. The Morgan fingerprint density at radius 1 is 1.39 bits per heavy atom. The lowest BCUT2D eigenvalue weighted by Gasteiger charge is -2.39. The molecule has 2 heterocycles. The van der Waals surface area contributed by atoms with Crippen molar-refractivity contribution in [1.82, 2.24) is 5.32 Å². The maximum Gasteiger partial charge on any atom is 0.310 e. The first-order chi connectivity index (χ1) is 8.24. The first kappa shape index (κ1) is 13.8. The van der Waals surface area contributed by atoms with Gasteiger partial charge in [-0.2, -0.15) is 0 Å². The number of hydrogen-bond donors (Lipinski definition) is 1. The van der Waals surface area contributed by atoms with E-state index < -0.39 is 0 Å². The van der Waals surface area contributed by atoms with Gasteiger partial charge in [-0.3, -0.25) is 4.79 Å². The van der Waals surface area contributed by atoms with Gasteiger partial charge in [0.2, 0.25) is 0 Å². The lowest BCUT2D eigenvalue weighted by Crippen LogP contribution is -2.48. The van der Waals surface area contributed by atoms with Crippen molar-refractivity contribution in [2.45, 2.75) is 52.2 Å². The molecule has 0 aromatic heterocycles. The van der Waals surface area contributed by atoms with E-state index in [4.69, 9.17) is 9.47 Å². The van der Waals surface area contributed by atoms with Gasteiger partial charge in [0.05, 0.1) is 23.7 Å². The Morgan fingerprint density at radius 2 is 2.06 bits per heavy atom. The van der Waals surface area contributed by atoms with Crippen LogP contribution in [0.15, 0.2) is 0 Å². The topological polar surface area (TPSA) is 47.6 Å². The summed E-state index contributed by atoms with van der Waals surface area (Å²) in [5.41, 5.74) is -0.638. The maximum atomic E-state index is 12.2. The van der Waals surface area contributed by atoms with Crippen molar-refractivity contribution in [2.75, 3.05) is 19.7 Å². The van der Waals surface area contributed by atoms with Crippen LogP contribution in [0.5, 0.6) is 0 Å². The van der Waals surface area contributed by atoms with Crippen LogP contribution in [0.25, 0.3) is 0 Å². The molecule has 0 radical (unpaired) electrons. The van der Waals surface area contributed by atoms with E-state index in [9.17, 15) is 4.79 Å². The van der Waals surface area contributed by atoms with Gasteiger partial charge in [0.15, 0.2) is 0 Å². The van der Waals surface area contributed by atoms with Crippen molar-refractivity contribution in [3.63, 3.8) is 0 Å². The molecule has 18 heavy (non-hydrogen) atoms. The molecule has 2 fully saturated rings. The molecule has 2 aliphatic heterocycles. The van der Waals surface area contributed by atoms with Crippen LogP contribution >= 0.6 is 0 Å². The summed E-state index contributed by atoms with van der Waals surface area (Å²) in [6.07, 6.45) is 0.892. The summed E-state index contributed by atoms with van der Waals surface area (Å²) in [5, 5.41) is 3.36. The van der Waals surface area contributed by atoms with Crippen molar-refractivity contribution in [2.24, 2.45) is 11.3 Å². The second kappa shape index (κ2) is 4.20. The smallest absolute Gasteiger partial charge is 0.310 e. The standard InChI is InChI=1S/C14H25NO3/c1-6-17-11(16)10-7-15-9-14(10)8-12(2,3)18-13(14,4)5/h10,15H,6-9H2,1-5H3. The van der Waals surface area contributed by atoms with Crippen molar-refractivity contribution in [3.05, 3.63) is 0 Å². The molecule has 1 spiro atoms. The van der Waals surface area contributed by atoms with Crippen LogP contribution in [0, 0.1) is 11.3 Å². The van der Waals surface area contributed by atoms with E-state index in [2.05, 4.69) is 33.0 Å². The monoisotopic (exact) mass is 255 g/mol. The van der Waals surface area contributed by atoms with Gasteiger partial charge in [0.1, 0.15) is 0 Å². The van der Waals surface area contributed by atoms with Crippen LogP contribution in [-0.4, -0.2) is 36.9 Å². The lowest BCUT2D eigenvalue weighted by molar-refractivity contribution is -0.157. The molecule has 2 atom stereocenters. The predicted molar refractivity (Wildman–Crippen MR) is 69.3 cm³/mol. The molecule has 0 aliphatic carbocycles. The zero-order valence-corrected chi connectivity index (χ0v) is 12.1. The zero-order valence-electron chi connectivity index (χ0n) is 12.1. The number of nitrogens with one attached hydrogen (secondary N) is 1. The first-order valence-corrected chi connectivity index (χ1v) is 6.82. The lowest BCUT2D eigenvalue weighted by atomic mass is 9.65. The Morgan fingerprint density at radius 3 is 2.56 bits per heavy atom. The van der Waals surface area contributed by atoms with Crippen LogP contribution in [0.2, 0.25) is 0 Å². The number of rotatable bonds is 2. The van der Waals surface area contributed by atoms with Gasteiger partial charge < -0.3 is 14.8 Å². The first-order valence-electron chi connectivity index (χ1n) is 6.82. The Kier molecular flexibility index (Phi) is 3.23. The highest BCUT2D eigenvalue weighted by Gasteiger charge is 2.64. The minimum Gasteiger partial charge on any atom is -0.466 e. The quantitative estimate of drug-likeness (QED) is 0.763. The van der Waals surface area contributed by atoms with E-state index in [1.54, 1.807) is 0 Å². The Labute approximate surface area is 109 Å². The molecule has 0 aromatic carbocycles. The summed E-state index contributed by atoms with van der Waals surface area (Å²) in [7, 11) is 0. The molecule has 0 aromatic rings. The fourth-order valence-corrected chi connectivity index (χ4v) is 3.93.